The highest BCUT2D eigenvalue weighted by Crippen LogP contribution is 2.35. The van der Waals surface area contributed by atoms with Crippen LogP contribution in [0.5, 0.6) is 5.75 Å². The Labute approximate surface area is 190 Å². The number of aromatic nitrogens is 1. The van der Waals surface area contributed by atoms with Crippen LogP contribution in [0.4, 0.5) is 10.8 Å². The minimum atomic E-state index is -0.181. The maximum Gasteiger partial charge on any atom is 0.264 e. The van der Waals surface area contributed by atoms with E-state index in [9.17, 15) is 9.59 Å². The summed E-state index contributed by atoms with van der Waals surface area (Å²) in [7, 11) is 0. The van der Waals surface area contributed by atoms with Crippen LogP contribution in [0.3, 0.4) is 0 Å². The van der Waals surface area contributed by atoms with Crippen molar-refractivity contribution in [3.05, 3.63) is 83.9 Å². The van der Waals surface area contributed by atoms with E-state index in [0.717, 1.165) is 21.5 Å². The molecule has 0 saturated heterocycles. The molecule has 0 radical (unpaired) electrons. The molecule has 7 heteroatoms. The van der Waals surface area contributed by atoms with Crippen LogP contribution in [0.15, 0.2) is 72.8 Å². The first-order chi connectivity index (χ1) is 15.5. The van der Waals surface area contributed by atoms with Gasteiger partial charge in [-0.2, -0.15) is 0 Å². The zero-order valence-corrected chi connectivity index (χ0v) is 18.7. The molecule has 2 amide bonds. The van der Waals surface area contributed by atoms with Gasteiger partial charge in [0, 0.05) is 19.0 Å². The minimum Gasteiger partial charge on any atom is -0.494 e. The first kappa shape index (κ1) is 21.5. The summed E-state index contributed by atoms with van der Waals surface area (Å²) in [4.78, 5) is 31.1. The average molecular weight is 446 g/mol. The summed E-state index contributed by atoms with van der Waals surface area (Å²) in [6.07, 6.45) is 0. The Kier molecular flexibility index (Phi) is 6.47. The number of carbonyl (C=O) groups is 2. The number of carbonyl (C=O) groups excluding carboxylic acids is 2. The van der Waals surface area contributed by atoms with Crippen molar-refractivity contribution in [3.8, 4) is 5.75 Å². The van der Waals surface area contributed by atoms with Crippen LogP contribution in [-0.2, 0) is 11.3 Å². The number of benzene rings is 3. The molecule has 0 spiro atoms. The second-order valence-corrected chi connectivity index (χ2v) is 8.15. The average Bonchev–Trinajstić information content (AvgIpc) is 3.23. The van der Waals surface area contributed by atoms with Crippen molar-refractivity contribution in [2.45, 2.75) is 20.4 Å². The number of rotatable bonds is 7. The number of hydrogen-bond donors (Lipinski definition) is 1. The molecule has 0 aliphatic carbocycles. The summed E-state index contributed by atoms with van der Waals surface area (Å²) in [5, 5.41) is 3.36. The van der Waals surface area contributed by atoms with Crippen molar-refractivity contribution >= 4 is 44.2 Å². The summed E-state index contributed by atoms with van der Waals surface area (Å²) in [6.45, 7) is 4.40. The fourth-order valence-corrected chi connectivity index (χ4v) is 4.23. The quantitative estimate of drug-likeness (QED) is 0.418. The SMILES string of the molecule is CCOc1ccc(N(C(=O)c2ccc(CNC(C)=O)cc2)c2nc3ccccc3s2)cc1. The van der Waals surface area contributed by atoms with E-state index in [1.165, 1.54) is 18.3 Å². The van der Waals surface area contributed by atoms with Crippen LogP contribution in [-0.4, -0.2) is 23.4 Å². The number of nitrogens with zero attached hydrogens (tertiary/aromatic N) is 2. The lowest BCUT2D eigenvalue weighted by atomic mass is 10.1. The van der Waals surface area contributed by atoms with Gasteiger partial charge < -0.3 is 10.1 Å². The zero-order chi connectivity index (χ0) is 22.5. The van der Waals surface area contributed by atoms with E-state index < -0.39 is 0 Å². The maximum atomic E-state index is 13.6. The summed E-state index contributed by atoms with van der Waals surface area (Å²) < 4.78 is 6.56. The smallest absolute Gasteiger partial charge is 0.264 e. The third kappa shape index (κ3) is 4.78. The highest BCUT2D eigenvalue weighted by molar-refractivity contribution is 7.22. The van der Waals surface area contributed by atoms with Crippen LogP contribution in [0.2, 0.25) is 0 Å². The molecular formula is C25H23N3O3S. The molecule has 0 unspecified atom stereocenters. The Balaban J connectivity index is 1.69. The number of anilines is 2. The van der Waals surface area contributed by atoms with E-state index in [2.05, 4.69) is 5.32 Å². The summed E-state index contributed by atoms with van der Waals surface area (Å²) in [6, 6.07) is 22.5. The Bertz CT molecular complexity index is 1200. The van der Waals surface area contributed by atoms with Crippen LogP contribution in [0.1, 0.15) is 29.8 Å². The number of amides is 2. The maximum absolute atomic E-state index is 13.6. The molecule has 1 aromatic heterocycles. The second kappa shape index (κ2) is 9.62. The van der Waals surface area contributed by atoms with Crippen molar-refractivity contribution in [3.63, 3.8) is 0 Å². The van der Waals surface area contributed by atoms with Crippen molar-refractivity contribution < 1.29 is 14.3 Å². The van der Waals surface area contributed by atoms with Crippen LogP contribution in [0, 0.1) is 0 Å². The molecule has 0 atom stereocenters. The lowest BCUT2D eigenvalue weighted by Gasteiger charge is -2.20. The molecule has 6 nitrogen and oxygen atoms in total. The lowest BCUT2D eigenvalue weighted by Crippen LogP contribution is -2.26. The second-order valence-electron chi connectivity index (χ2n) is 7.14. The van der Waals surface area contributed by atoms with Crippen LogP contribution in [0.25, 0.3) is 10.2 Å². The van der Waals surface area contributed by atoms with Gasteiger partial charge in [-0.15, -0.1) is 0 Å². The predicted molar refractivity (Wildman–Crippen MR) is 128 cm³/mol. The topological polar surface area (TPSA) is 71.5 Å². The Hall–Kier alpha value is -3.71. The molecule has 0 fully saturated rings. The Morgan fingerprint density at radius 1 is 1.00 bits per heavy atom. The summed E-state index contributed by atoms with van der Waals surface area (Å²) in [5.41, 5.74) is 3.01. The number of hydrogen-bond acceptors (Lipinski definition) is 5. The van der Waals surface area contributed by atoms with Gasteiger partial charge in [0.05, 0.1) is 22.5 Å². The van der Waals surface area contributed by atoms with Gasteiger partial charge in [-0.05, 0) is 61.0 Å². The first-order valence-electron chi connectivity index (χ1n) is 10.3. The fraction of sp³-hybridized carbons (Fsp3) is 0.160. The van der Waals surface area contributed by atoms with Gasteiger partial charge in [0.1, 0.15) is 5.75 Å². The Morgan fingerprint density at radius 3 is 2.38 bits per heavy atom. The third-order valence-corrected chi connectivity index (χ3v) is 5.85. The standard InChI is InChI=1S/C25H23N3O3S/c1-3-31-21-14-12-20(13-15-21)28(25-27-22-6-4-5-7-23(22)32-25)24(30)19-10-8-18(9-11-19)16-26-17(2)29/h4-15H,3,16H2,1-2H3,(H,26,29). The first-order valence-corrected chi connectivity index (χ1v) is 11.1. The molecule has 1 heterocycles. The molecule has 0 bridgehead atoms. The van der Waals surface area contributed by atoms with Gasteiger partial charge in [-0.1, -0.05) is 35.6 Å². The number of ether oxygens (including phenoxy) is 1. The van der Waals surface area contributed by atoms with E-state index >= 15 is 0 Å². The molecular weight excluding hydrogens is 422 g/mol. The van der Waals surface area contributed by atoms with Gasteiger partial charge in [0.2, 0.25) is 5.91 Å². The van der Waals surface area contributed by atoms with Crippen LogP contribution >= 0.6 is 11.3 Å². The molecule has 3 aromatic carbocycles. The van der Waals surface area contributed by atoms with E-state index in [1.807, 2.05) is 67.6 Å². The molecule has 0 aliphatic rings. The highest BCUT2D eigenvalue weighted by Gasteiger charge is 2.23. The number of thiazole rings is 1. The van der Waals surface area contributed by atoms with E-state index in [0.29, 0.717) is 29.5 Å². The summed E-state index contributed by atoms with van der Waals surface area (Å²) >= 11 is 1.47. The minimum absolute atomic E-state index is 0.0948. The van der Waals surface area contributed by atoms with Gasteiger partial charge in [0.25, 0.3) is 5.91 Å². The number of nitrogens with one attached hydrogen (secondary N) is 1. The molecule has 4 rings (SSSR count). The van der Waals surface area contributed by atoms with Gasteiger partial charge in [0.15, 0.2) is 5.13 Å². The largest absolute Gasteiger partial charge is 0.494 e. The molecule has 32 heavy (non-hydrogen) atoms. The lowest BCUT2D eigenvalue weighted by molar-refractivity contribution is -0.119. The van der Waals surface area contributed by atoms with E-state index in [1.54, 1.807) is 17.0 Å². The normalized spacial score (nSPS) is 10.7. The van der Waals surface area contributed by atoms with Gasteiger partial charge in [-0.25, -0.2) is 4.98 Å². The van der Waals surface area contributed by atoms with Crippen LogP contribution < -0.4 is 15.0 Å². The molecule has 162 valence electrons. The highest BCUT2D eigenvalue weighted by atomic mass is 32.1. The van der Waals surface area contributed by atoms with Gasteiger partial charge in [-0.3, -0.25) is 14.5 Å². The Morgan fingerprint density at radius 2 is 1.72 bits per heavy atom. The van der Waals surface area contributed by atoms with Crippen molar-refractivity contribution in [1.29, 1.82) is 0 Å². The predicted octanol–water partition coefficient (Wildman–Crippen LogP) is 5.31. The summed E-state index contributed by atoms with van der Waals surface area (Å²) in [5.74, 6) is 0.470. The van der Waals surface area contributed by atoms with Gasteiger partial charge >= 0.3 is 0 Å². The van der Waals surface area contributed by atoms with E-state index in [4.69, 9.17) is 9.72 Å². The number of para-hydroxylation sites is 1. The molecule has 0 aliphatic heterocycles. The third-order valence-electron chi connectivity index (χ3n) is 4.83. The molecule has 4 aromatic rings. The number of fused-ring (bicyclic) bond motifs is 1. The van der Waals surface area contributed by atoms with Crippen molar-refractivity contribution in [2.75, 3.05) is 11.5 Å². The molecule has 0 saturated carbocycles. The monoisotopic (exact) mass is 445 g/mol. The van der Waals surface area contributed by atoms with Crippen molar-refractivity contribution in [2.24, 2.45) is 0 Å². The van der Waals surface area contributed by atoms with E-state index in [-0.39, 0.29) is 11.8 Å². The molecule has 1 N–H and O–H groups in total. The van der Waals surface area contributed by atoms with Crippen molar-refractivity contribution in [1.82, 2.24) is 10.3 Å². The zero-order valence-electron chi connectivity index (χ0n) is 17.9. The fourth-order valence-electron chi connectivity index (χ4n) is 3.25.